The predicted molar refractivity (Wildman–Crippen MR) is 92.1 cm³/mol. The van der Waals surface area contributed by atoms with Crippen molar-refractivity contribution in [3.8, 4) is 11.3 Å². The molecule has 1 aromatic carbocycles. The second-order valence-electron chi connectivity index (χ2n) is 5.95. The van der Waals surface area contributed by atoms with Crippen molar-refractivity contribution in [3.05, 3.63) is 47.1 Å². The lowest BCUT2D eigenvalue weighted by Crippen LogP contribution is -2.18. The molecule has 3 aromatic rings. The molecule has 0 amide bonds. The van der Waals surface area contributed by atoms with Crippen LogP contribution in [-0.4, -0.2) is 28.0 Å². The van der Waals surface area contributed by atoms with Crippen molar-refractivity contribution in [1.29, 1.82) is 0 Å². The Bertz CT molecular complexity index is 786. The standard InChI is InChI=1S/C18H19N3S/c1-13-20-17-10-15(5-7-18(17)22-13)16-6-4-14(11-19-16)12-21-8-2-3-9-21/h4-7,10-11H,2-3,8-9,12H2,1H3. The predicted octanol–water partition coefficient (Wildman–Crippen LogP) is 4.26. The SMILES string of the molecule is Cc1nc2cc(-c3ccc(CN4CCCC4)cn3)ccc2s1. The maximum absolute atomic E-state index is 4.65. The Morgan fingerprint density at radius 1 is 1.14 bits per heavy atom. The highest BCUT2D eigenvalue weighted by molar-refractivity contribution is 7.18. The van der Waals surface area contributed by atoms with Gasteiger partial charge in [-0.15, -0.1) is 11.3 Å². The highest BCUT2D eigenvalue weighted by atomic mass is 32.1. The van der Waals surface area contributed by atoms with Crippen molar-refractivity contribution in [2.24, 2.45) is 0 Å². The van der Waals surface area contributed by atoms with Crippen LogP contribution in [0.15, 0.2) is 36.5 Å². The lowest BCUT2D eigenvalue weighted by molar-refractivity contribution is 0.331. The molecular weight excluding hydrogens is 290 g/mol. The lowest BCUT2D eigenvalue weighted by atomic mass is 10.1. The fourth-order valence-electron chi connectivity index (χ4n) is 3.09. The van der Waals surface area contributed by atoms with Crippen LogP contribution in [0.3, 0.4) is 0 Å². The van der Waals surface area contributed by atoms with E-state index in [-0.39, 0.29) is 0 Å². The Labute approximate surface area is 134 Å². The van der Waals surface area contributed by atoms with Crippen LogP contribution in [0.1, 0.15) is 23.4 Å². The Morgan fingerprint density at radius 2 is 2.00 bits per heavy atom. The van der Waals surface area contributed by atoms with Gasteiger partial charge in [-0.05, 0) is 56.6 Å². The maximum Gasteiger partial charge on any atom is 0.0907 e. The minimum absolute atomic E-state index is 1.03. The quantitative estimate of drug-likeness (QED) is 0.724. The van der Waals surface area contributed by atoms with E-state index in [0.717, 1.165) is 28.3 Å². The van der Waals surface area contributed by atoms with Crippen LogP contribution in [0.5, 0.6) is 0 Å². The van der Waals surface area contributed by atoms with Crippen LogP contribution in [0.2, 0.25) is 0 Å². The monoisotopic (exact) mass is 309 g/mol. The van der Waals surface area contributed by atoms with Gasteiger partial charge < -0.3 is 0 Å². The summed E-state index contributed by atoms with van der Waals surface area (Å²) in [7, 11) is 0. The number of pyridine rings is 1. The molecule has 0 bridgehead atoms. The zero-order valence-electron chi connectivity index (χ0n) is 12.7. The lowest BCUT2D eigenvalue weighted by Gasteiger charge is -2.14. The second-order valence-corrected chi connectivity index (χ2v) is 7.19. The molecule has 3 nitrogen and oxygen atoms in total. The van der Waals surface area contributed by atoms with Gasteiger partial charge in [-0.25, -0.2) is 4.98 Å². The summed E-state index contributed by atoms with van der Waals surface area (Å²) in [6.45, 7) is 5.52. The van der Waals surface area contributed by atoms with Crippen LogP contribution < -0.4 is 0 Å². The molecule has 0 spiro atoms. The van der Waals surface area contributed by atoms with Crippen LogP contribution in [0.25, 0.3) is 21.5 Å². The smallest absolute Gasteiger partial charge is 0.0907 e. The van der Waals surface area contributed by atoms with Crippen molar-refractivity contribution in [1.82, 2.24) is 14.9 Å². The second kappa shape index (κ2) is 5.78. The molecule has 1 fully saturated rings. The maximum atomic E-state index is 4.65. The Morgan fingerprint density at radius 3 is 2.77 bits per heavy atom. The molecule has 0 unspecified atom stereocenters. The molecule has 1 aliphatic rings. The Balaban J connectivity index is 1.57. The first-order chi connectivity index (χ1) is 10.8. The molecule has 112 valence electrons. The van der Waals surface area contributed by atoms with Gasteiger partial charge in [0.25, 0.3) is 0 Å². The molecule has 0 atom stereocenters. The number of aromatic nitrogens is 2. The van der Waals surface area contributed by atoms with Crippen molar-refractivity contribution < 1.29 is 0 Å². The summed E-state index contributed by atoms with van der Waals surface area (Å²) in [6, 6.07) is 10.8. The van der Waals surface area contributed by atoms with Crippen LogP contribution >= 0.6 is 11.3 Å². The van der Waals surface area contributed by atoms with Gasteiger partial charge >= 0.3 is 0 Å². The summed E-state index contributed by atoms with van der Waals surface area (Å²) in [5.41, 5.74) is 4.54. The molecule has 22 heavy (non-hydrogen) atoms. The first kappa shape index (κ1) is 13.9. The zero-order valence-corrected chi connectivity index (χ0v) is 13.6. The van der Waals surface area contributed by atoms with Gasteiger partial charge in [0.1, 0.15) is 0 Å². The van der Waals surface area contributed by atoms with E-state index in [1.54, 1.807) is 11.3 Å². The van der Waals surface area contributed by atoms with E-state index in [2.05, 4.69) is 52.1 Å². The van der Waals surface area contributed by atoms with Crippen LogP contribution in [0.4, 0.5) is 0 Å². The minimum Gasteiger partial charge on any atom is -0.299 e. The molecule has 0 aliphatic carbocycles. The third-order valence-corrected chi connectivity index (χ3v) is 5.17. The fourth-order valence-corrected chi connectivity index (χ4v) is 3.90. The molecule has 1 aliphatic heterocycles. The number of hydrogen-bond acceptors (Lipinski definition) is 4. The number of likely N-dealkylation sites (tertiary alicyclic amines) is 1. The van der Waals surface area contributed by atoms with E-state index in [1.807, 2.05) is 6.20 Å². The first-order valence-corrected chi connectivity index (χ1v) is 8.64. The van der Waals surface area contributed by atoms with Gasteiger partial charge in [-0.1, -0.05) is 12.1 Å². The third kappa shape index (κ3) is 2.76. The zero-order chi connectivity index (χ0) is 14.9. The first-order valence-electron chi connectivity index (χ1n) is 7.83. The van der Waals surface area contributed by atoms with E-state index in [4.69, 9.17) is 0 Å². The average molecular weight is 309 g/mol. The van der Waals surface area contributed by atoms with E-state index in [1.165, 1.54) is 36.2 Å². The molecule has 3 heterocycles. The fraction of sp³-hybridized carbons (Fsp3) is 0.333. The summed E-state index contributed by atoms with van der Waals surface area (Å²) in [5, 5.41) is 1.11. The van der Waals surface area contributed by atoms with Gasteiger partial charge in [0.15, 0.2) is 0 Å². The number of hydrogen-bond donors (Lipinski definition) is 0. The van der Waals surface area contributed by atoms with Gasteiger partial charge in [0.05, 0.1) is 20.9 Å². The van der Waals surface area contributed by atoms with Crippen molar-refractivity contribution in [2.75, 3.05) is 13.1 Å². The topological polar surface area (TPSA) is 29.0 Å². The number of benzene rings is 1. The number of nitrogens with zero attached hydrogens (tertiary/aromatic N) is 3. The number of thiazole rings is 1. The van der Waals surface area contributed by atoms with E-state index in [0.29, 0.717) is 0 Å². The normalized spacial score (nSPS) is 15.7. The van der Waals surface area contributed by atoms with E-state index < -0.39 is 0 Å². The highest BCUT2D eigenvalue weighted by Gasteiger charge is 2.12. The Hall–Kier alpha value is -1.78. The molecule has 0 saturated carbocycles. The minimum atomic E-state index is 1.03. The van der Waals surface area contributed by atoms with E-state index >= 15 is 0 Å². The van der Waals surface area contributed by atoms with Crippen molar-refractivity contribution in [3.63, 3.8) is 0 Å². The number of aryl methyl sites for hydroxylation is 1. The summed E-state index contributed by atoms with van der Waals surface area (Å²) >= 11 is 1.74. The van der Waals surface area contributed by atoms with Crippen molar-refractivity contribution in [2.45, 2.75) is 26.3 Å². The third-order valence-electron chi connectivity index (χ3n) is 4.22. The van der Waals surface area contributed by atoms with Crippen molar-refractivity contribution >= 4 is 21.6 Å². The van der Waals surface area contributed by atoms with Gasteiger partial charge in [-0.3, -0.25) is 9.88 Å². The largest absolute Gasteiger partial charge is 0.299 e. The number of rotatable bonds is 3. The molecule has 1 saturated heterocycles. The van der Waals surface area contributed by atoms with E-state index in [9.17, 15) is 0 Å². The summed E-state index contributed by atoms with van der Waals surface area (Å²) in [6.07, 6.45) is 4.68. The van der Waals surface area contributed by atoms with Crippen LogP contribution in [-0.2, 0) is 6.54 Å². The molecule has 2 aromatic heterocycles. The molecule has 4 rings (SSSR count). The molecular formula is C18H19N3S. The highest BCUT2D eigenvalue weighted by Crippen LogP contribution is 2.27. The summed E-state index contributed by atoms with van der Waals surface area (Å²) in [5.74, 6) is 0. The molecule has 0 N–H and O–H groups in total. The summed E-state index contributed by atoms with van der Waals surface area (Å²) < 4.78 is 1.24. The van der Waals surface area contributed by atoms with Crippen LogP contribution in [0, 0.1) is 6.92 Å². The van der Waals surface area contributed by atoms with Gasteiger partial charge in [-0.2, -0.15) is 0 Å². The van der Waals surface area contributed by atoms with Gasteiger partial charge in [0.2, 0.25) is 0 Å². The molecule has 4 heteroatoms. The number of fused-ring (bicyclic) bond motifs is 1. The average Bonchev–Trinajstić information content (AvgIpc) is 3.15. The summed E-state index contributed by atoms with van der Waals surface area (Å²) in [4.78, 5) is 11.7. The van der Waals surface area contributed by atoms with Gasteiger partial charge in [0, 0.05) is 18.3 Å². The molecule has 0 radical (unpaired) electrons. The Kier molecular flexibility index (Phi) is 3.64.